The molecule has 4 atom stereocenters. The lowest BCUT2D eigenvalue weighted by atomic mass is 10.1. The minimum absolute atomic E-state index is 0.258. The van der Waals surface area contributed by atoms with E-state index in [0.29, 0.717) is 6.61 Å². The molecule has 0 aliphatic carbocycles. The van der Waals surface area contributed by atoms with Crippen LogP contribution in [-0.4, -0.2) is 48.5 Å². The molecule has 1 aliphatic rings. The van der Waals surface area contributed by atoms with Gasteiger partial charge < -0.3 is 24.4 Å². The zero-order valence-electron chi connectivity index (χ0n) is 10.2. The van der Waals surface area contributed by atoms with E-state index >= 15 is 0 Å². The fourth-order valence-electron chi connectivity index (χ4n) is 1.99. The van der Waals surface area contributed by atoms with Crippen LogP contribution in [0.25, 0.3) is 0 Å². The van der Waals surface area contributed by atoms with Crippen molar-refractivity contribution in [3.05, 3.63) is 35.9 Å². The maximum atomic E-state index is 9.94. The van der Waals surface area contributed by atoms with Crippen molar-refractivity contribution in [1.29, 1.82) is 0 Å². The summed E-state index contributed by atoms with van der Waals surface area (Å²) >= 11 is 0. The zero-order chi connectivity index (χ0) is 13.0. The first kappa shape index (κ1) is 13.5. The van der Waals surface area contributed by atoms with Crippen molar-refractivity contribution in [2.24, 2.45) is 0 Å². The number of hydrogen-bond donors (Lipinski definition) is 2. The molecule has 1 heterocycles. The standard InChI is InChI=1S/C13H18O5/c1-16-13-12(11(15)10(7-14)18-13)17-8-9-5-3-2-4-6-9/h2-6,10-15H,7-8H2,1H3/t10-,11+,12+,13+/m1/s1. The highest BCUT2D eigenvalue weighted by molar-refractivity contribution is 5.13. The van der Waals surface area contributed by atoms with Crippen molar-refractivity contribution in [2.75, 3.05) is 13.7 Å². The molecule has 1 saturated heterocycles. The van der Waals surface area contributed by atoms with Crippen molar-refractivity contribution >= 4 is 0 Å². The molecule has 2 rings (SSSR count). The number of aliphatic hydroxyl groups excluding tert-OH is 2. The minimum Gasteiger partial charge on any atom is -0.394 e. The molecule has 1 fully saturated rings. The van der Waals surface area contributed by atoms with Gasteiger partial charge in [-0.25, -0.2) is 0 Å². The average molecular weight is 254 g/mol. The molecule has 18 heavy (non-hydrogen) atoms. The van der Waals surface area contributed by atoms with E-state index in [2.05, 4.69) is 0 Å². The molecule has 0 spiro atoms. The Labute approximate surface area is 106 Å². The Morgan fingerprint density at radius 2 is 2.00 bits per heavy atom. The van der Waals surface area contributed by atoms with Crippen LogP contribution in [0.2, 0.25) is 0 Å². The summed E-state index contributed by atoms with van der Waals surface area (Å²) < 4.78 is 16.0. The van der Waals surface area contributed by atoms with E-state index in [1.807, 2.05) is 30.3 Å². The molecular weight excluding hydrogens is 236 g/mol. The molecule has 0 saturated carbocycles. The predicted octanol–water partition coefficient (Wildman–Crippen LogP) is 0.296. The van der Waals surface area contributed by atoms with Crippen LogP contribution in [0.3, 0.4) is 0 Å². The van der Waals surface area contributed by atoms with Gasteiger partial charge in [-0.3, -0.25) is 0 Å². The Morgan fingerprint density at radius 3 is 2.61 bits per heavy atom. The quantitative estimate of drug-likeness (QED) is 0.791. The third kappa shape index (κ3) is 2.88. The molecular formula is C13H18O5. The van der Waals surface area contributed by atoms with Gasteiger partial charge in [0.05, 0.1) is 13.2 Å². The molecule has 0 bridgehead atoms. The van der Waals surface area contributed by atoms with E-state index in [9.17, 15) is 5.11 Å². The van der Waals surface area contributed by atoms with Crippen molar-refractivity contribution in [3.8, 4) is 0 Å². The van der Waals surface area contributed by atoms with Crippen LogP contribution in [0.1, 0.15) is 5.56 Å². The van der Waals surface area contributed by atoms with Gasteiger partial charge in [0.15, 0.2) is 6.29 Å². The number of hydrogen-bond acceptors (Lipinski definition) is 5. The SMILES string of the molecule is CO[C@H]1O[C@H](CO)[C@H](O)[C@@H]1OCc1ccccc1. The van der Waals surface area contributed by atoms with Crippen molar-refractivity contribution in [1.82, 2.24) is 0 Å². The topological polar surface area (TPSA) is 68.2 Å². The molecule has 5 nitrogen and oxygen atoms in total. The van der Waals surface area contributed by atoms with Gasteiger partial charge in [0, 0.05) is 7.11 Å². The number of methoxy groups -OCH3 is 1. The smallest absolute Gasteiger partial charge is 0.186 e. The fraction of sp³-hybridized carbons (Fsp3) is 0.538. The Hall–Kier alpha value is -0.980. The lowest BCUT2D eigenvalue weighted by Gasteiger charge is -2.19. The van der Waals surface area contributed by atoms with Gasteiger partial charge in [0.25, 0.3) is 0 Å². The summed E-state index contributed by atoms with van der Waals surface area (Å²) in [6.07, 6.45) is -2.78. The summed E-state index contributed by atoms with van der Waals surface area (Å²) in [6.45, 7) is 0.107. The molecule has 5 heteroatoms. The first-order valence-electron chi connectivity index (χ1n) is 5.89. The Kier molecular flexibility index (Phi) is 4.68. The van der Waals surface area contributed by atoms with E-state index in [4.69, 9.17) is 19.3 Å². The van der Waals surface area contributed by atoms with Crippen LogP contribution in [0, 0.1) is 0 Å². The van der Waals surface area contributed by atoms with Crippen molar-refractivity contribution < 1.29 is 24.4 Å². The maximum absolute atomic E-state index is 9.94. The van der Waals surface area contributed by atoms with Gasteiger partial charge in [-0.1, -0.05) is 30.3 Å². The predicted molar refractivity (Wildman–Crippen MR) is 63.8 cm³/mol. The zero-order valence-corrected chi connectivity index (χ0v) is 10.2. The van der Waals surface area contributed by atoms with Crippen LogP contribution in [0.15, 0.2) is 30.3 Å². The van der Waals surface area contributed by atoms with E-state index < -0.39 is 24.6 Å². The number of aliphatic hydroxyl groups is 2. The first-order chi connectivity index (χ1) is 8.76. The lowest BCUT2D eigenvalue weighted by molar-refractivity contribution is -0.168. The second-order valence-corrected chi connectivity index (χ2v) is 4.21. The summed E-state index contributed by atoms with van der Waals surface area (Å²) in [5.74, 6) is 0. The highest BCUT2D eigenvalue weighted by Gasteiger charge is 2.44. The van der Waals surface area contributed by atoms with Gasteiger partial charge in [-0.05, 0) is 5.56 Å². The highest BCUT2D eigenvalue weighted by atomic mass is 16.7. The number of ether oxygens (including phenoxy) is 3. The second-order valence-electron chi connectivity index (χ2n) is 4.21. The maximum Gasteiger partial charge on any atom is 0.186 e. The Balaban J connectivity index is 1.95. The minimum atomic E-state index is -0.885. The van der Waals surface area contributed by atoms with Crippen LogP contribution in [-0.2, 0) is 20.8 Å². The van der Waals surface area contributed by atoms with Crippen molar-refractivity contribution in [3.63, 3.8) is 0 Å². The molecule has 0 aromatic heterocycles. The third-order valence-electron chi connectivity index (χ3n) is 2.99. The third-order valence-corrected chi connectivity index (χ3v) is 2.99. The van der Waals surface area contributed by atoms with Gasteiger partial charge in [-0.15, -0.1) is 0 Å². The average Bonchev–Trinajstić information content (AvgIpc) is 2.73. The van der Waals surface area contributed by atoms with Gasteiger partial charge >= 0.3 is 0 Å². The van der Waals surface area contributed by atoms with Crippen LogP contribution in [0.5, 0.6) is 0 Å². The highest BCUT2D eigenvalue weighted by Crippen LogP contribution is 2.25. The lowest BCUT2D eigenvalue weighted by Crippen LogP contribution is -2.36. The summed E-state index contributed by atoms with van der Waals surface area (Å²) in [4.78, 5) is 0. The van der Waals surface area contributed by atoms with E-state index in [1.165, 1.54) is 7.11 Å². The number of benzene rings is 1. The Morgan fingerprint density at radius 1 is 1.28 bits per heavy atom. The summed E-state index contributed by atoms with van der Waals surface area (Å²) in [5, 5.41) is 19.0. The molecule has 1 aliphatic heterocycles. The molecule has 100 valence electrons. The van der Waals surface area contributed by atoms with Gasteiger partial charge in [-0.2, -0.15) is 0 Å². The van der Waals surface area contributed by atoms with Gasteiger partial charge in [0.2, 0.25) is 0 Å². The van der Waals surface area contributed by atoms with E-state index in [0.717, 1.165) is 5.56 Å². The van der Waals surface area contributed by atoms with Crippen molar-refractivity contribution in [2.45, 2.75) is 31.2 Å². The molecule has 1 aromatic carbocycles. The first-order valence-corrected chi connectivity index (χ1v) is 5.89. The normalized spacial score (nSPS) is 31.7. The summed E-state index contributed by atoms with van der Waals surface area (Å²) in [5.41, 5.74) is 1.01. The monoisotopic (exact) mass is 254 g/mol. The fourth-order valence-corrected chi connectivity index (χ4v) is 1.99. The Bertz CT molecular complexity index is 354. The summed E-state index contributed by atoms with van der Waals surface area (Å²) in [7, 11) is 1.48. The van der Waals surface area contributed by atoms with Crippen LogP contribution >= 0.6 is 0 Å². The largest absolute Gasteiger partial charge is 0.394 e. The molecule has 1 aromatic rings. The summed E-state index contributed by atoms with van der Waals surface area (Å²) in [6, 6.07) is 9.65. The van der Waals surface area contributed by atoms with Crippen LogP contribution in [0.4, 0.5) is 0 Å². The number of rotatable bonds is 5. The van der Waals surface area contributed by atoms with E-state index in [1.54, 1.807) is 0 Å². The molecule has 0 radical (unpaired) electrons. The second kappa shape index (κ2) is 6.26. The molecule has 0 unspecified atom stereocenters. The van der Waals surface area contributed by atoms with Crippen LogP contribution < -0.4 is 0 Å². The van der Waals surface area contributed by atoms with E-state index in [-0.39, 0.29) is 6.61 Å². The molecule has 0 amide bonds. The molecule has 2 N–H and O–H groups in total. The van der Waals surface area contributed by atoms with Gasteiger partial charge in [0.1, 0.15) is 18.3 Å².